The summed E-state index contributed by atoms with van der Waals surface area (Å²) in [7, 11) is 0. The van der Waals surface area contributed by atoms with E-state index in [0.717, 1.165) is 0 Å². The normalized spacial score (nSPS) is 14.2. The van der Waals surface area contributed by atoms with Crippen LogP contribution in [0.15, 0.2) is 36.9 Å². The Labute approximate surface area is 124 Å². The van der Waals surface area contributed by atoms with Gasteiger partial charge in [0, 0.05) is 0 Å². The molecule has 5 heteroatoms. The Morgan fingerprint density at radius 1 is 1.29 bits per heavy atom. The van der Waals surface area contributed by atoms with Crippen molar-refractivity contribution < 1.29 is 9.13 Å². The van der Waals surface area contributed by atoms with Gasteiger partial charge in [0.15, 0.2) is 0 Å². The van der Waals surface area contributed by atoms with Gasteiger partial charge in [0.2, 0.25) is 6.23 Å². The highest BCUT2D eigenvalue weighted by atomic mass is 19.1. The second-order valence-electron chi connectivity index (χ2n) is 5.85. The van der Waals surface area contributed by atoms with Crippen LogP contribution in [0.2, 0.25) is 0 Å². The Morgan fingerprint density at radius 3 is 2.43 bits per heavy atom. The van der Waals surface area contributed by atoms with E-state index in [4.69, 9.17) is 11.2 Å². The van der Waals surface area contributed by atoms with Crippen molar-refractivity contribution in [3.05, 3.63) is 42.7 Å². The fourth-order valence-corrected chi connectivity index (χ4v) is 2.04. The maximum atomic E-state index is 13.0. The van der Waals surface area contributed by atoms with Gasteiger partial charge in [-0.25, -0.2) is 14.1 Å². The lowest BCUT2D eigenvalue weighted by atomic mass is 9.80. The molecule has 0 saturated heterocycles. The summed E-state index contributed by atoms with van der Waals surface area (Å²) in [6.07, 6.45) is 8.17. The molecule has 0 aliphatic heterocycles. The average Bonchev–Trinajstić information content (AvgIpc) is 2.93. The Balaban J connectivity index is 2.33. The van der Waals surface area contributed by atoms with Crippen molar-refractivity contribution in [3.8, 4) is 18.1 Å². The van der Waals surface area contributed by atoms with Crippen LogP contribution in [-0.4, -0.2) is 14.8 Å². The highest BCUT2D eigenvalue weighted by Crippen LogP contribution is 2.35. The molecule has 0 fully saturated rings. The van der Waals surface area contributed by atoms with E-state index in [9.17, 15) is 4.39 Å². The molecule has 1 aromatic heterocycles. The van der Waals surface area contributed by atoms with Gasteiger partial charge < -0.3 is 4.74 Å². The fraction of sp³-hybridized carbons (Fsp3) is 0.375. The van der Waals surface area contributed by atoms with E-state index >= 15 is 0 Å². The van der Waals surface area contributed by atoms with Crippen LogP contribution in [-0.2, 0) is 0 Å². The van der Waals surface area contributed by atoms with Gasteiger partial charge in [0.05, 0.1) is 5.92 Å². The van der Waals surface area contributed by atoms with Crippen LogP contribution in [0.1, 0.15) is 27.0 Å². The second kappa shape index (κ2) is 5.96. The molecule has 0 aliphatic rings. The van der Waals surface area contributed by atoms with Crippen LogP contribution >= 0.6 is 0 Å². The molecule has 0 N–H and O–H groups in total. The van der Waals surface area contributed by atoms with Crippen molar-refractivity contribution in [1.82, 2.24) is 14.8 Å². The number of hydrogen-bond donors (Lipinski definition) is 0. The average molecular weight is 287 g/mol. The first-order valence-electron chi connectivity index (χ1n) is 6.64. The summed E-state index contributed by atoms with van der Waals surface area (Å²) in [6, 6.07) is 5.82. The lowest BCUT2D eigenvalue weighted by molar-refractivity contribution is 0.0311. The molecule has 0 bridgehead atoms. The first kappa shape index (κ1) is 15.0. The SMILES string of the molecule is C#CC(C(Oc1ccc(F)cc1)n1cncn1)C(C)(C)C. The predicted octanol–water partition coefficient (Wildman–Crippen LogP) is 3.29. The molecule has 1 heterocycles. The van der Waals surface area contributed by atoms with Gasteiger partial charge in [-0.2, -0.15) is 5.10 Å². The minimum Gasteiger partial charge on any atom is -0.467 e. The van der Waals surface area contributed by atoms with Crippen molar-refractivity contribution in [3.63, 3.8) is 0 Å². The van der Waals surface area contributed by atoms with Crippen LogP contribution in [0.3, 0.4) is 0 Å². The number of nitrogens with zero attached hydrogens (tertiary/aromatic N) is 3. The third-order valence-corrected chi connectivity index (χ3v) is 3.17. The van der Waals surface area contributed by atoms with E-state index in [2.05, 4.69) is 16.0 Å². The zero-order valence-corrected chi connectivity index (χ0v) is 12.3. The lowest BCUT2D eigenvalue weighted by Gasteiger charge is -2.33. The number of benzene rings is 1. The minimum atomic E-state index is -0.511. The Kier molecular flexibility index (Phi) is 4.27. The van der Waals surface area contributed by atoms with E-state index in [0.29, 0.717) is 5.75 Å². The van der Waals surface area contributed by atoms with Gasteiger partial charge in [-0.3, -0.25) is 0 Å². The Hall–Kier alpha value is -2.35. The molecule has 21 heavy (non-hydrogen) atoms. The van der Waals surface area contributed by atoms with E-state index in [1.54, 1.807) is 23.1 Å². The highest BCUT2D eigenvalue weighted by molar-refractivity contribution is 5.22. The molecule has 2 unspecified atom stereocenters. The van der Waals surface area contributed by atoms with Gasteiger partial charge in [-0.05, 0) is 29.7 Å². The van der Waals surface area contributed by atoms with Gasteiger partial charge in [-0.1, -0.05) is 26.7 Å². The van der Waals surface area contributed by atoms with E-state index in [-0.39, 0.29) is 17.2 Å². The first-order chi connectivity index (χ1) is 9.91. The second-order valence-corrected chi connectivity index (χ2v) is 5.85. The maximum absolute atomic E-state index is 13.0. The number of halogens is 1. The third kappa shape index (κ3) is 3.60. The van der Waals surface area contributed by atoms with E-state index < -0.39 is 6.23 Å². The molecular formula is C16H18FN3O. The highest BCUT2D eigenvalue weighted by Gasteiger charge is 2.34. The summed E-state index contributed by atoms with van der Waals surface area (Å²) < 4.78 is 20.5. The smallest absolute Gasteiger partial charge is 0.207 e. The monoisotopic (exact) mass is 287 g/mol. The number of ether oxygens (including phenoxy) is 1. The van der Waals surface area contributed by atoms with Crippen molar-refractivity contribution in [2.75, 3.05) is 0 Å². The molecule has 110 valence electrons. The zero-order chi connectivity index (χ0) is 15.5. The van der Waals surface area contributed by atoms with Gasteiger partial charge in [0.25, 0.3) is 0 Å². The maximum Gasteiger partial charge on any atom is 0.207 e. The Bertz CT molecular complexity index is 608. The van der Waals surface area contributed by atoms with Gasteiger partial charge >= 0.3 is 0 Å². The van der Waals surface area contributed by atoms with Gasteiger partial charge in [-0.15, -0.1) is 6.42 Å². The summed E-state index contributed by atoms with van der Waals surface area (Å²) in [6.45, 7) is 6.11. The minimum absolute atomic E-state index is 0.189. The largest absolute Gasteiger partial charge is 0.467 e. The number of aromatic nitrogens is 3. The first-order valence-corrected chi connectivity index (χ1v) is 6.64. The molecule has 2 atom stereocenters. The molecule has 0 amide bonds. The Morgan fingerprint density at radius 2 is 1.95 bits per heavy atom. The summed E-state index contributed by atoms with van der Waals surface area (Å²) >= 11 is 0. The quantitative estimate of drug-likeness (QED) is 0.810. The molecule has 4 nitrogen and oxygen atoms in total. The van der Waals surface area contributed by atoms with Crippen molar-refractivity contribution >= 4 is 0 Å². The molecule has 2 aromatic rings. The molecule has 0 saturated carbocycles. The predicted molar refractivity (Wildman–Crippen MR) is 77.9 cm³/mol. The van der Waals surface area contributed by atoms with Crippen molar-refractivity contribution in [1.29, 1.82) is 0 Å². The molecule has 0 spiro atoms. The fourth-order valence-electron chi connectivity index (χ4n) is 2.04. The van der Waals surface area contributed by atoms with Crippen molar-refractivity contribution in [2.45, 2.75) is 27.0 Å². The van der Waals surface area contributed by atoms with Crippen LogP contribution in [0.5, 0.6) is 5.75 Å². The summed E-state index contributed by atoms with van der Waals surface area (Å²) in [5.74, 6) is 2.76. The molecule has 1 aromatic carbocycles. The standard InChI is InChI=1S/C16H18FN3O/c1-5-14(16(2,3)4)15(20-11-18-10-19-20)21-13-8-6-12(17)7-9-13/h1,6-11,14-15H,2-4H3. The number of terminal acetylenes is 1. The van der Waals surface area contributed by atoms with Crippen LogP contribution in [0.4, 0.5) is 4.39 Å². The van der Waals surface area contributed by atoms with E-state index in [1.807, 2.05) is 20.8 Å². The van der Waals surface area contributed by atoms with Crippen LogP contribution in [0.25, 0.3) is 0 Å². The van der Waals surface area contributed by atoms with Crippen molar-refractivity contribution in [2.24, 2.45) is 11.3 Å². The van der Waals surface area contributed by atoms with E-state index in [1.165, 1.54) is 18.5 Å². The topological polar surface area (TPSA) is 39.9 Å². The number of rotatable bonds is 4. The van der Waals surface area contributed by atoms with Crippen LogP contribution in [0, 0.1) is 29.5 Å². The molecule has 2 rings (SSSR count). The lowest BCUT2D eigenvalue weighted by Crippen LogP contribution is -2.33. The third-order valence-electron chi connectivity index (χ3n) is 3.17. The molecule has 0 radical (unpaired) electrons. The molecule has 0 aliphatic carbocycles. The summed E-state index contributed by atoms with van der Waals surface area (Å²) in [4.78, 5) is 3.94. The number of hydrogen-bond acceptors (Lipinski definition) is 3. The molecular weight excluding hydrogens is 269 g/mol. The summed E-state index contributed by atoms with van der Waals surface area (Å²) in [5.41, 5.74) is -0.189. The summed E-state index contributed by atoms with van der Waals surface area (Å²) in [5, 5.41) is 4.12. The zero-order valence-electron chi connectivity index (χ0n) is 12.3. The van der Waals surface area contributed by atoms with Gasteiger partial charge in [0.1, 0.15) is 24.2 Å². The van der Waals surface area contributed by atoms with Crippen LogP contribution < -0.4 is 4.74 Å².